The highest BCUT2D eigenvalue weighted by Crippen LogP contribution is 2.17. The van der Waals surface area contributed by atoms with E-state index in [0.29, 0.717) is 17.2 Å². The van der Waals surface area contributed by atoms with Crippen LogP contribution in [0.2, 0.25) is 0 Å². The lowest BCUT2D eigenvalue weighted by Crippen LogP contribution is -2.25. The molecular formula is C15H17NO2S2. The summed E-state index contributed by atoms with van der Waals surface area (Å²) in [6, 6.07) is 16.6. The number of benzene rings is 2. The van der Waals surface area contributed by atoms with Crippen molar-refractivity contribution in [1.82, 2.24) is 4.72 Å². The van der Waals surface area contributed by atoms with Crippen molar-refractivity contribution in [2.24, 2.45) is 0 Å². The summed E-state index contributed by atoms with van der Waals surface area (Å²) in [7, 11) is -3.38. The van der Waals surface area contributed by atoms with Crippen LogP contribution >= 0.6 is 11.8 Å². The van der Waals surface area contributed by atoms with E-state index >= 15 is 0 Å². The van der Waals surface area contributed by atoms with Crippen LogP contribution in [0.3, 0.4) is 0 Å². The summed E-state index contributed by atoms with van der Waals surface area (Å²) in [5.74, 6) is 0.703. The summed E-state index contributed by atoms with van der Waals surface area (Å²) in [6.45, 7) is 2.46. The first-order valence-corrected chi connectivity index (χ1v) is 8.79. The van der Waals surface area contributed by atoms with E-state index in [-0.39, 0.29) is 0 Å². The van der Waals surface area contributed by atoms with Gasteiger partial charge in [-0.1, -0.05) is 35.9 Å². The minimum atomic E-state index is -3.38. The van der Waals surface area contributed by atoms with Crippen molar-refractivity contribution < 1.29 is 8.42 Å². The number of rotatable bonds is 6. The Morgan fingerprint density at radius 1 is 1.00 bits per heavy atom. The summed E-state index contributed by atoms with van der Waals surface area (Å²) in [5.41, 5.74) is 1.22. The normalized spacial score (nSPS) is 11.4. The standard InChI is InChI=1S/C15H17NO2S2/c1-13-7-9-14(10-8-13)19-12-11-16-20(17,18)15-5-3-2-4-6-15/h2-10,16H,11-12H2,1H3. The molecule has 0 saturated heterocycles. The van der Waals surface area contributed by atoms with Crippen molar-refractivity contribution >= 4 is 21.8 Å². The fraction of sp³-hybridized carbons (Fsp3) is 0.200. The monoisotopic (exact) mass is 307 g/mol. The van der Waals surface area contributed by atoms with Crippen molar-refractivity contribution in [3.63, 3.8) is 0 Å². The third-order valence-electron chi connectivity index (χ3n) is 2.74. The second-order valence-corrected chi connectivity index (χ2v) is 7.31. The number of nitrogens with one attached hydrogen (secondary N) is 1. The van der Waals surface area contributed by atoms with E-state index in [4.69, 9.17) is 0 Å². The molecule has 1 N–H and O–H groups in total. The van der Waals surface area contributed by atoms with Crippen molar-refractivity contribution in [3.05, 3.63) is 60.2 Å². The average Bonchev–Trinajstić information content (AvgIpc) is 2.46. The van der Waals surface area contributed by atoms with E-state index in [9.17, 15) is 8.42 Å². The van der Waals surface area contributed by atoms with Crippen molar-refractivity contribution in [3.8, 4) is 0 Å². The van der Waals surface area contributed by atoms with Crippen LogP contribution in [0.4, 0.5) is 0 Å². The Kier molecular flexibility index (Phi) is 5.23. The molecule has 0 bridgehead atoms. The molecule has 0 aromatic heterocycles. The second kappa shape index (κ2) is 6.92. The molecule has 5 heteroatoms. The molecule has 0 fully saturated rings. The SMILES string of the molecule is Cc1ccc(SCCNS(=O)(=O)c2ccccc2)cc1. The molecule has 0 aliphatic heterocycles. The molecule has 0 atom stereocenters. The first-order chi connectivity index (χ1) is 9.58. The smallest absolute Gasteiger partial charge is 0.210 e. The Balaban J connectivity index is 1.83. The molecule has 2 rings (SSSR count). The van der Waals surface area contributed by atoms with Gasteiger partial charge < -0.3 is 0 Å². The Morgan fingerprint density at radius 3 is 2.30 bits per heavy atom. The number of thioether (sulfide) groups is 1. The van der Waals surface area contributed by atoms with Crippen LogP contribution < -0.4 is 4.72 Å². The van der Waals surface area contributed by atoms with Gasteiger partial charge in [-0.2, -0.15) is 0 Å². The van der Waals surface area contributed by atoms with Crippen molar-refractivity contribution in [2.45, 2.75) is 16.7 Å². The molecule has 2 aromatic rings. The van der Waals surface area contributed by atoms with E-state index < -0.39 is 10.0 Å². The summed E-state index contributed by atoms with van der Waals surface area (Å²) >= 11 is 1.64. The lowest BCUT2D eigenvalue weighted by molar-refractivity contribution is 0.584. The Bertz CT molecular complexity index is 637. The summed E-state index contributed by atoms with van der Waals surface area (Å²) in [5, 5.41) is 0. The number of hydrogen-bond donors (Lipinski definition) is 1. The molecule has 0 saturated carbocycles. The Labute approximate surface area is 124 Å². The third kappa shape index (κ3) is 4.37. The van der Waals surface area contributed by atoms with Crippen molar-refractivity contribution in [1.29, 1.82) is 0 Å². The summed E-state index contributed by atoms with van der Waals surface area (Å²) < 4.78 is 26.5. The lowest BCUT2D eigenvalue weighted by atomic mass is 10.2. The Morgan fingerprint density at radius 2 is 1.65 bits per heavy atom. The van der Waals surface area contributed by atoms with Gasteiger partial charge in [-0.25, -0.2) is 13.1 Å². The highest BCUT2D eigenvalue weighted by atomic mass is 32.2. The molecule has 2 aromatic carbocycles. The van der Waals surface area contributed by atoms with Gasteiger partial charge in [0.25, 0.3) is 0 Å². The number of aryl methyl sites for hydroxylation is 1. The van der Waals surface area contributed by atoms with Gasteiger partial charge in [0.1, 0.15) is 0 Å². The zero-order valence-corrected chi connectivity index (χ0v) is 12.9. The van der Waals surface area contributed by atoms with Crippen LogP contribution in [0, 0.1) is 6.92 Å². The van der Waals surface area contributed by atoms with Gasteiger partial charge in [0.2, 0.25) is 10.0 Å². The van der Waals surface area contributed by atoms with E-state index in [2.05, 4.69) is 16.9 Å². The fourth-order valence-corrected chi connectivity index (χ4v) is 3.61. The maximum atomic E-state index is 12.0. The van der Waals surface area contributed by atoms with Crippen LogP contribution in [0.1, 0.15) is 5.56 Å². The van der Waals surface area contributed by atoms with Crippen LogP contribution in [0.5, 0.6) is 0 Å². The van der Waals surface area contributed by atoms with E-state index in [1.165, 1.54) is 5.56 Å². The summed E-state index contributed by atoms with van der Waals surface area (Å²) in [4.78, 5) is 1.45. The largest absolute Gasteiger partial charge is 0.240 e. The molecule has 0 amide bonds. The van der Waals surface area contributed by atoms with E-state index in [1.54, 1.807) is 42.1 Å². The van der Waals surface area contributed by atoms with Gasteiger partial charge in [-0.15, -0.1) is 11.8 Å². The quantitative estimate of drug-likeness (QED) is 0.659. The molecular weight excluding hydrogens is 290 g/mol. The predicted molar refractivity (Wildman–Crippen MR) is 83.5 cm³/mol. The topological polar surface area (TPSA) is 46.2 Å². The van der Waals surface area contributed by atoms with Gasteiger partial charge in [0.05, 0.1) is 4.90 Å². The molecule has 0 spiro atoms. The van der Waals surface area contributed by atoms with Gasteiger partial charge in [-0.05, 0) is 31.2 Å². The van der Waals surface area contributed by atoms with Crippen LogP contribution in [-0.4, -0.2) is 20.7 Å². The third-order valence-corrected chi connectivity index (χ3v) is 5.23. The maximum absolute atomic E-state index is 12.0. The average molecular weight is 307 g/mol. The van der Waals surface area contributed by atoms with Crippen molar-refractivity contribution in [2.75, 3.05) is 12.3 Å². The lowest BCUT2D eigenvalue weighted by Gasteiger charge is -2.06. The fourth-order valence-electron chi connectivity index (χ4n) is 1.66. The minimum absolute atomic E-state index is 0.306. The first kappa shape index (κ1) is 15.1. The van der Waals surface area contributed by atoms with Crippen LogP contribution in [0.25, 0.3) is 0 Å². The molecule has 0 aliphatic carbocycles. The number of sulfonamides is 1. The summed E-state index contributed by atoms with van der Waals surface area (Å²) in [6.07, 6.45) is 0. The first-order valence-electron chi connectivity index (χ1n) is 6.32. The zero-order valence-electron chi connectivity index (χ0n) is 11.2. The van der Waals surface area contributed by atoms with Crippen LogP contribution in [0.15, 0.2) is 64.4 Å². The molecule has 0 aliphatic rings. The van der Waals surface area contributed by atoms with E-state index in [1.807, 2.05) is 19.1 Å². The minimum Gasteiger partial charge on any atom is -0.210 e. The highest BCUT2D eigenvalue weighted by Gasteiger charge is 2.11. The van der Waals surface area contributed by atoms with Crippen LogP contribution in [-0.2, 0) is 10.0 Å². The van der Waals surface area contributed by atoms with Gasteiger partial charge in [0, 0.05) is 17.2 Å². The molecule has 106 valence electrons. The van der Waals surface area contributed by atoms with Gasteiger partial charge in [0.15, 0.2) is 0 Å². The van der Waals surface area contributed by atoms with Gasteiger partial charge in [-0.3, -0.25) is 0 Å². The van der Waals surface area contributed by atoms with E-state index in [0.717, 1.165) is 4.90 Å². The molecule has 20 heavy (non-hydrogen) atoms. The molecule has 0 heterocycles. The van der Waals surface area contributed by atoms with Gasteiger partial charge >= 0.3 is 0 Å². The zero-order chi connectivity index (χ0) is 14.4. The molecule has 3 nitrogen and oxygen atoms in total. The second-order valence-electron chi connectivity index (χ2n) is 4.37. The highest BCUT2D eigenvalue weighted by molar-refractivity contribution is 7.99. The Hall–Kier alpha value is -1.30. The molecule has 0 unspecified atom stereocenters. The predicted octanol–water partition coefficient (Wildman–Crippen LogP) is 3.07. The maximum Gasteiger partial charge on any atom is 0.240 e. The number of hydrogen-bond acceptors (Lipinski definition) is 3. The molecule has 0 radical (unpaired) electrons.